The summed E-state index contributed by atoms with van der Waals surface area (Å²) in [4.78, 5) is 0. The molecule has 1 aliphatic heterocycles. The van der Waals surface area contributed by atoms with Crippen molar-refractivity contribution in [1.29, 1.82) is 0 Å². The van der Waals surface area contributed by atoms with Crippen molar-refractivity contribution in [2.75, 3.05) is 13.2 Å². The van der Waals surface area contributed by atoms with Gasteiger partial charge in [0.05, 0.1) is 18.8 Å². The zero-order valence-electron chi connectivity index (χ0n) is 18.3. The van der Waals surface area contributed by atoms with E-state index in [0.29, 0.717) is 26.1 Å². The van der Waals surface area contributed by atoms with Gasteiger partial charge >= 0.3 is 0 Å². The zero-order valence-corrected chi connectivity index (χ0v) is 18.3. The summed E-state index contributed by atoms with van der Waals surface area (Å²) in [6, 6.07) is 6.12. The van der Waals surface area contributed by atoms with E-state index in [1.165, 1.54) is 16.7 Å². The van der Waals surface area contributed by atoms with Gasteiger partial charge in [0, 0.05) is 13.0 Å². The van der Waals surface area contributed by atoms with E-state index in [1.54, 1.807) is 6.08 Å². The smallest absolute Gasteiger partial charge is 0.111 e. The Bertz CT molecular complexity index is 749. The predicted octanol–water partition coefficient (Wildman–Crippen LogP) is 4.76. The number of rotatable bonds is 11. The first-order valence-electron chi connectivity index (χ1n) is 10.8. The maximum Gasteiger partial charge on any atom is 0.111 e. The van der Waals surface area contributed by atoms with E-state index >= 15 is 0 Å². The van der Waals surface area contributed by atoms with Crippen LogP contribution in [0, 0.1) is 6.92 Å². The molecule has 1 aromatic carbocycles. The van der Waals surface area contributed by atoms with Crippen molar-refractivity contribution in [1.82, 2.24) is 0 Å². The second kappa shape index (κ2) is 12.7. The molecule has 0 spiro atoms. The lowest BCUT2D eigenvalue weighted by molar-refractivity contribution is -0.170. The Morgan fingerprint density at radius 3 is 2.77 bits per heavy atom. The summed E-state index contributed by atoms with van der Waals surface area (Å²) in [7, 11) is 0. The highest BCUT2D eigenvalue weighted by Crippen LogP contribution is 2.34. The largest absolute Gasteiger partial charge is 0.390 e. The van der Waals surface area contributed by atoms with Crippen LogP contribution in [0.5, 0.6) is 0 Å². The van der Waals surface area contributed by atoms with Crippen molar-refractivity contribution in [3.05, 3.63) is 84.0 Å². The SMILES string of the molecule is C=CC/C=C(\C=C/COCC)Cc1cc(C2OC(CC=C)CC(O)C2O)ccc1C. The molecule has 0 aliphatic carbocycles. The molecule has 1 fully saturated rings. The normalized spacial score (nSPS) is 24.9. The summed E-state index contributed by atoms with van der Waals surface area (Å²) >= 11 is 0. The molecule has 0 amide bonds. The molecule has 1 saturated heterocycles. The van der Waals surface area contributed by atoms with Gasteiger partial charge in [-0.05, 0) is 55.4 Å². The third-order valence-electron chi connectivity index (χ3n) is 5.37. The number of allylic oxidation sites excluding steroid dienone is 4. The second-order valence-electron chi connectivity index (χ2n) is 7.72. The summed E-state index contributed by atoms with van der Waals surface area (Å²) in [5, 5.41) is 20.9. The molecule has 0 aromatic heterocycles. The van der Waals surface area contributed by atoms with Crippen LogP contribution in [0.1, 0.15) is 49.0 Å². The summed E-state index contributed by atoms with van der Waals surface area (Å²) in [6.45, 7) is 12.9. The van der Waals surface area contributed by atoms with E-state index in [9.17, 15) is 10.2 Å². The second-order valence-corrected chi connectivity index (χ2v) is 7.72. The molecule has 1 aromatic rings. The average molecular weight is 413 g/mol. The minimum absolute atomic E-state index is 0.139. The van der Waals surface area contributed by atoms with Gasteiger partial charge in [0.1, 0.15) is 12.2 Å². The minimum atomic E-state index is -0.941. The van der Waals surface area contributed by atoms with Crippen molar-refractivity contribution < 1.29 is 19.7 Å². The zero-order chi connectivity index (χ0) is 21.9. The van der Waals surface area contributed by atoms with Gasteiger partial charge in [-0.25, -0.2) is 0 Å². The lowest BCUT2D eigenvalue weighted by atomic mass is 9.89. The van der Waals surface area contributed by atoms with Crippen LogP contribution in [0.4, 0.5) is 0 Å². The monoisotopic (exact) mass is 412 g/mol. The molecule has 1 aliphatic rings. The summed E-state index contributed by atoms with van der Waals surface area (Å²) in [5.41, 5.74) is 4.41. The molecule has 2 rings (SSSR count). The number of aliphatic hydroxyl groups is 2. The van der Waals surface area contributed by atoms with E-state index in [-0.39, 0.29) is 6.10 Å². The highest BCUT2D eigenvalue weighted by Gasteiger charge is 2.37. The first-order chi connectivity index (χ1) is 14.5. The standard InChI is InChI=1S/C26H36O4/c1-5-8-11-20(12-9-15-29-7-3)16-22-17-21(14-13-19(22)4)26-25(28)24(27)18-23(30-26)10-6-2/h5-6,9,11-14,17,23-28H,1-2,7-8,10,15-16,18H2,3-4H3/b12-9-,20-11+. The van der Waals surface area contributed by atoms with Crippen molar-refractivity contribution in [2.45, 2.75) is 63.9 Å². The molecule has 0 radical (unpaired) electrons. The molecule has 0 saturated carbocycles. The van der Waals surface area contributed by atoms with Gasteiger partial charge in [0.25, 0.3) is 0 Å². The van der Waals surface area contributed by atoms with Gasteiger partial charge in [-0.15, -0.1) is 13.2 Å². The van der Waals surface area contributed by atoms with Gasteiger partial charge < -0.3 is 19.7 Å². The van der Waals surface area contributed by atoms with Crippen LogP contribution >= 0.6 is 0 Å². The van der Waals surface area contributed by atoms with E-state index in [1.807, 2.05) is 25.1 Å². The third kappa shape index (κ3) is 7.06. The molecule has 4 heteroatoms. The van der Waals surface area contributed by atoms with Crippen molar-refractivity contribution >= 4 is 0 Å². The number of benzene rings is 1. The topological polar surface area (TPSA) is 58.9 Å². The van der Waals surface area contributed by atoms with Crippen molar-refractivity contribution in [2.24, 2.45) is 0 Å². The van der Waals surface area contributed by atoms with E-state index < -0.39 is 18.3 Å². The first kappa shape index (κ1) is 24.3. The molecule has 4 unspecified atom stereocenters. The van der Waals surface area contributed by atoms with Crippen LogP contribution in [0.25, 0.3) is 0 Å². The van der Waals surface area contributed by atoms with Gasteiger partial charge in [-0.1, -0.05) is 48.6 Å². The molecular formula is C26H36O4. The number of aryl methyl sites for hydroxylation is 1. The summed E-state index contributed by atoms with van der Waals surface area (Å²) in [6.07, 6.45) is 10.2. The highest BCUT2D eigenvalue weighted by molar-refractivity contribution is 5.38. The fourth-order valence-electron chi connectivity index (χ4n) is 3.67. The van der Waals surface area contributed by atoms with Crippen LogP contribution in [-0.4, -0.2) is 41.7 Å². The Balaban J connectivity index is 2.24. The molecular weight excluding hydrogens is 376 g/mol. The fraction of sp³-hybridized carbons (Fsp3) is 0.462. The third-order valence-corrected chi connectivity index (χ3v) is 5.37. The number of ether oxygens (including phenoxy) is 2. The fourth-order valence-corrected chi connectivity index (χ4v) is 3.67. The maximum atomic E-state index is 10.6. The van der Waals surface area contributed by atoms with Crippen LogP contribution < -0.4 is 0 Å². The molecule has 2 N–H and O–H groups in total. The summed E-state index contributed by atoms with van der Waals surface area (Å²) < 4.78 is 11.5. The molecule has 4 atom stereocenters. The van der Waals surface area contributed by atoms with Gasteiger partial charge in [0.15, 0.2) is 0 Å². The number of hydrogen-bond acceptors (Lipinski definition) is 4. The first-order valence-corrected chi connectivity index (χ1v) is 10.8. The highest BCUT2D eigenvalue weighted by atomic mass is 16.5. The maximum absolute atomic E-state index is 10.6. The molecule has 1 heterocycles. The summed E-state index contributed by atoms with van der Waals surface area (Å²) in [5.74, 6) is 0. The van der Waals surface area contributed by atoms with E-state index in [4.69, 9.17) is 9.47 Å². The lowest BCUT2D eigenvalue weighted by Crippen LogP contribution is -2.43. The Morgan fingerprint density at radius 2 is 2.07 bits per heavy atom. The Hall–Kier alpha value is -1.98. The van der Waals surface area contributed by atoms with Crippen LogP contribution in [0.15, 0.2) is 67.3 Å². The minimum Gasteiger partial charge on any atom is -0.390 e. The Labute approximate surface area is 181 Å². The molecule has 164 valence electrons. The average Bonchev–Trinajstić information content (AvgIpc) is 2.73. The van der Waals surface area contributed by atoms with E-state index in [0.717, 1.165) is 18.4 Å². The van der Waals surface area contributed by atoms with Gasteiger partial charge in [0.2, 0.25) is 0 Å². The van der Waals surface area contributed by atoms with Gasteiger partial charge in [-0.2, -0.15) is 0 Å². The molecule has 30 heavy (non-hydrogen) atoms. The van der Waals surface area contributed by atoms with Crippen molar-refractivity contribution in [3.63, 3.8) is 0 Å². The molecule has 0 bridgehead atoms. The van der Waals surface area contributed by atoms with Crippen LogP contribution in [0.3, 0.4) is 0 Å². The van der Waals surface area contributed by atoms with Gasteiger partial charge in [-0.3, -0.25) is 0 Å². The Morgan fingerprint density at radius 1 is 1.27 bits per heavy atom. The number of aliphatic hydroxyl groups excluding tert-OH is 2. The molecule has 4 nitrogen and oxygen atoms in total. The van der Waals surface area contributed by atoms with Crippen LogP contribution in [-0.2, 0) is 15.9 Å². The Kier molecular flexibility index (Phi) is 10.2. The quantitative estimate of drug-likeness (QED) is 0.313. The van der Waals surface area contributed by atoms with E-state index in [2.05, 4.69) is 44.4 Å². The number of hydrogen-bond donors (Lipinski definition) is 2. The van der Waals surface area contributed by atoms with Crippen molar-refractivity contribution in [3.8, 4) is 0 Å². The van der Waals surface area contributed by atoms with Crippen LogP contribution in [0.2, 0.25) is 0 Å². The lowest BCUT2D eigenvalue weighted by Gasteiger charge is -2.37. The predicted molar refractivity (Wildman–Crippen MR) is 122 cm³/mol.